The molecule has 0 fully saturated rings. The van der Waals surface area contributed by atoms with Gasteiger partial charge in [0.05, 0.1) is 50.6 Å². The van der Waals surface area contributed by atoms with Gasteiger partial charge in [0.2, 0.25) is 0 Å². The van der Waals surface area contributed by atoms with Crippen molar-refractivity contribution in [1.29, 1.82) is 0 Å². The van der Waals surface area contributed by atoms with E-state index in [1.165, 1.54) is 12.7 Å². The Hall–Kier alpha value is -4.95. The van der Waals surface area contributed by atoms with Crippen molar-refractivity contribution in [3.63, 3.8) is 0 Å². The molecule has 0 saturated heterocycles. The predicted molar refractivity (Wildman–Crippen MR) is 190 cm³/mol. The molecule has 0 atom stereocenters. The van der Waals surface area contributed by atoms with Crippen LogP contribution in [-0.4, -0.2) is 29.1 Å². The number of rotatable bonds is 2. The summed E-state index contributed by atoms with van der Waals surface area (Å²) in [4.78, 5) is 15.7. The van der Waals surface area contributed by atoms with Gasteiger partial charge in [-0.3, -0.25) is 9.13 Å². The van der Waals surface area contributed by atoms with Crippen molar-refractivity contribution in [3.8, 4) is 11.4 Å². The Bertz CT molecular complexity index is 2230. The maximum Gasteiger partial charge on any atom is 0.416 e. The molecule has 14 heteroatoms. The van der Waals surface area contributed by atoms with E-state index in [1.807, 2.05) is 72.8 Å². The van der Waals surface area contributed by atoms with Gasteiger partial charge in [0.25, 0.3) is 0 Å². The highest BCUT2D eigenvalue weighted by Crippen LogP contribution is 2.35. The second-order valence-electron chi connectivity index (χ2n) is 10.5. The first-order valence-corrected chi connectivity index (χ1v) is 15.9. The first-order valence-electron chi connectivity index (χ1n) is 14.4. The Morgan fingerprint density at radius 3 is 1.44 bits per heavy atom. The van der Waals surface area contributed by atoms with E-state index in [-0.39, 0.29) is 7.43 Å². The molecule has 0 aliphatic carbocycles. The van der Waals surface area contributed by atoms with Crippen LogP contribution in [0, 0.1) is 0 Å². The van der Waals surface area contributed by atoms with Crippen molar-refractivity contribution in [2.75, 3.05) is 0 Å². The third-order valence-electron chi connectivity index (χ3n) is 7.21. The van der Waals surface area contributed by atoms with Crippen LogP contribution in [0.5, 0.6) is 0 Å². The van der Waals surface area contributed by atoms with E-state index in [1.54, 1.807) is 27.6 Å². The van der Waals surface area contributed by atoms with Crippen LogP contribution in [-0.2, 0) is 12.4 Å². The number of aromatic amines is 1. The minimum absolute atomic E-state index is 0. The molecule has 0 aliphatic rings. The molecule has 256 valence electrons. The molecule has 0 unspecified atom stereocenters. The second kappa shape index (κ2) is 14.9. The molecule has 0 amide bonds. The Morgan fingerprint density at radius 1 is 0.520 bits per heavy atom. The number of para-hydroxylation sites is 6. The second-order valence-corrected chi connectivity index (χ2v) is 12.3. The van der Waals surface area contributed by atoms with Crippen LogP contribution in [0.2, 0.25) is 0 Å². The number of aromatic nitrogens is 6. The predicted octanol–water partition coefficient (Wildman–Crippen LogP) is 11.8. The molecule has 3 heterocycles. The Kier molecular flexibility index (Phi) is 10.8. The van der Waals surface area contributed by atoms with Crippen LogP contribution >= 0.6 is 31.9 Å². The highest BCUT2D eigenvalue weighted by atomic mass is 79.9. The lowest BCUT2D eigenvalue weighted by Gasteiger charge is -2.14. The van der Waals surface area contributed by atoms with Gasteiger partial charge in [0, 0.05) is 20.3 Å². The summed E-state index contributed by atoms with van der Waals surface area (Å²) >= 11 is 5.95. The Labute approximate surface area is 298 Å². The molecule has 0 radical (unpaired) electrons. The van der Waals surface area contributed by atoms with Crippen LogP contribution < -0.4 is 0 Å². The van der Waals surface area contributed by atoms with Gasteiger partial charge in [-0.1, -0.05) is 75.7 Å². The van der Waals surface area contributed by atoms with Gasteiger partial charge in [0.15, 0.2) is 0 Å². The number of fused-ring (bicyclic) bond motifs is 3. The van der Waals surface area contributed by atoms with Crippen molar-refractivity contribution in [2.45, 2.75) is 19.8 Å². The van der Waals surface area contributed by atoms with Crippen LogP contribution in [0.3, 0.4) is 0 Å². The van der Waals surface area contributed by atoms with Gasteiger partial charge in [-0.15, -0.1) is 0 Å². The van der Waals surface area contributed by atoms with Gasteiger partial charge < -0.3 is 4.98 Å². The number of nitrogens with one attached hydrogen (secondary N) is 1. The number of hydrogen-bond donors (Lipinski definition) is 1. The number of benzene rings is 5. The molecule has 1 N–H and O–H groups in total. The molecular weight excluding hydrogens is 790 g/mol. The fourth-order valence-electron chi connectivity index (χ4n) is 4.96. The number of H-pyrrole nitrogens is 1. The summed E-state index contributed by atoms with van der Waals surface area (Å²) in [5.74, 6) is 0. The summed E-state index contributed by atoms with van der Waals surface area (Å²) in [6, 6.07) is 30.2. The van der Waals surface area contributed by atoms with Crippen molar-refractivity contribution in [3.05, 3.63) is 148 Å². The monoisotopic (exact) mass is 814 g/mol. The zero-order valence-electron chi connectivity index (χ0n) is 24.9. The number of hydrogen-bond acceptors (Lipinski definition) is 3. The number of halogens is 8. The quantitative estimate of drug-likeness (QED) is 0.177. The highest BCUT2D eigenvalue weighted by molar-refractivity contribution is 9.11. The third-order valence-corrected chi connectivity index (χ3v) is 8.13. The maximum atomic E-state index is 13.6. The molecule has 8 rings (SSSR count). The Balaban J connectivity index is 0.000000181. The van der Waals surface area contributed by atoms with E-state index in [2.05, 4.69) is 51.8 Å². The number of imidazole rings is 3. The lowest BCUT2D eigenvalue weighted by atomic mass is 10.1. The third kappa shape index (κ3) is 8.25. The van der Waals surface area contributed by atoms with E-state index in [4.69, 9.17) is 0 Å². The van der Waals surface area contributed by atoms with Crippen LogP contribution in [0.25, 0.3) is 44.5 Å². The zero-order valence-corrected chi connectivity index (χ0v) is 28.1. The van der Waals surface area contributed by atoms with Crippen molar-refractivity contribution in [1.82, 2.24) is 29.1 Å². The van der Waals surface area contributed by atoms with Crippen LogP contribution in [0.4, 0.5) is 26.3 Å². The standard InChI is InChI=1S/C21H13F3N4.C7H3Br2F3.C7H6N2.CH4/c22-21(23,24)14-9-15(27-12-25-17-5-1-3-7-19(17)27)11-16(10-14)28-13-26-18-6-2-4-8-20(18)28;8-5-1-4(7(10,11)12)2-6(9)3-5;1-2-4-7-6(3-1)8-5-9-7;/h1-13H;1-3H;1-5H,(H,8,9);1H4. The Morgan fingerprint density at radius 2 is 0.960 bits per heavy atom. The average Bonchev–Trinajstić information content (AvgIpc) is 3.82. The minimum Gasteiger partial charge on any atom is -0.345 e. The first-order chi connectivity index (χ1) is 23.4. The van der Waals surface area contributed by atoms with Gasteiger partial charge in [-0.05, 0) is 72.8 Å². The maximum absolute atomic E-state index is 13.6. The summed E-state index contributed by atoms with van der Waals surface area (Å²) in [5, 5.41) is 0. The van der Waals surface area contributed by atoms with E-state index < -0.39 is 23.5 Å². The van der Waals surface area contributed by atoms with Crippen LogP contribution in [0.15, 0.2) is 137 Å². The summed E-state index contributed by atoms with van der Waals surface area (Å²) < 4.78 is 81.3. The molecule has 0 saturated carbocycles. The topological polar surface area (TPSA) is 64.3 Å². The number of nitrogens with zero attached hydrogens (tertiary/aromatic N) is 5. The average molecular weight is 816 g/mol. The summed E-state index contributed by atoms with van der Waals surface area (Å²) in [6.07, 6.45) is -3.99. The fourth-order valence-corrected chi connectivity index (χ4v) is 6.26. The lowest BCUT2D eigenvalue weighted by Crippen LogP contribution is -2.08. The van der Waals surface area contributed by atoms with Gasteiger partial charge in [-0.25, -0.2) is 15.0 Å². The highest BCUT2D eigenvalue weighted by Gasteiger charge is 2.32. The van der Waals surface area contributed by atoms with E-state index in [9.17, 15) is 26.3 Å². The molecule has 50 heavy (non-hydrogen) atoms. The zero-order chi connectivity index (χ0) is 34.8. The molecular formula is C36H26Br2F6N6. The summed E-state index contributed by atoms with van der Waals surface area (Å²) in [5.41, 5.74) is 4.41. The summed E-state index contributed by atoms with van der Waals surface area (Å²) in [6.45, 7) is 0. The largest absolute Gasteiger partial charge is 0.416 e. The first kappa shape index (κ1) is 36.3. The minimum atomic E-state index is -4.47. The van der Waals surface area contributed by atoms with E-state index in [0.717, 1.165) is 57.4 Å². The summed E-state index contributed by atoms with van der Waals surface area (Å²) in [7, 11) is 0. The van der Waals surface area contributed by atoms with Gasteiger partial charge >= 0.3 is 12.4 Å². The number of alkyl halides is 6. The smallest absolute Gasteiger partial charge is 0.345 e. The lowest BCUT2D eigenvalue weighted by molar-refractivity contribution is -0.138. The van der Waals surface area contributed by atoms with Crippen molar-refractivity contribution in [2.24, 2.45) is 0 Å². The molecule has 8 aromatic rings. The SMILES string of the molecule is C.FC(F)(F)c1cc(-n2cnc3ccccc32)cc(-n2cnc3ccccc32)c1.FC(F)(F)c1cc(Br)cc(Br)c1.c1ccc2[nH]cnc2c1. The molecule has 3 aromatic heterocycles. The van der Waals surface area contributed by atoms with Gasteiger partial charge in [-0.2, -0.15) is 26.3 Å². The molecule has 0 spiro atoms. The van der Waals surface area contributed by atoms with Crippen molar-refractivity contribution >= 4 is 65.0 Å². The molecule has 0 bridgehead atoms. The molecule has 5 aromatic carbocycles. The normalized spacial score (nSPS) is 11.4. The van der Waals surface area contributed by atoms with E-state index in [0.29, 0.717) is 20.3 Å². The van der Waals surface area contributed by atoms with E-state index >= 15 is 0 Å². The molecule has 0 aliphatic heterocycles. The molecule has 6 nitrogen and oxygen atoms in total. The fraction of sp³-hybridized carbons (Fsp3) is 0.0833. The van der Waals surface area contributed by atoms with Crippen LogP contribution in [0.1, 0.15) is 18.6 Å². The van der Waals surface area contributed by atoms with Crippen molar-refractivity contribution < 1.29 is 26.3 Å². The van der Waals surface area contributed by atoms with Gasteiger partial charge in [0.1, 0.15) is 12.7 Å².